The van der Waals surface area contributed by atoms with Gasteiger partial charge in [-0.1, -0.05) is 0 Å². The Hall–Kier alpha value is -0.760. The minimum atomic E-state index is 0.368. The first-order valence-electron chi connectivity index (χ1n) is 7.66. The lowest BCUT2D eigenvalue weighted by Crippen LogP contribution is -2.52. The summed E-state index contributed by atoms with van der Waals surface area (Å²) in [6.07, 6.45) is 11.8. The van der Waals surface area contributed by atoms with Crippen LogP contribution in [0.5, 0.6) is 0 Å². The maximum absolute atomic E-state index is 6.57. The van der Waals surface area contributed by atoms with E-state index in [2.05, 4.69) is 29.1 Å². The van der Waals surface area contributed by atoms with Crippen molar-refractivity contribution in [2.75, 3.05) is 0 Å². The van der Waals surface area contributed by atoms with E-state index in [1.54, 1.807) is 0 Å². The van der Waals surface area contributed by atoms with E-state index < -0.39 is 0 Å². The van der Waals surface area contributed by atoms with E-state index in [0.29, 0.717) is 6.04 Å². The Morgan fingerprint density at radius 1 is 0.944 bits per heavy atom. The van der Waals surface area contributed by atoms with Crippen LogP contribution in [-0.4, -0.2) is 10.6 Å². The molecule has 5 rings (SSSR count). The van der Waals surface area contributed by atoms with E-state index in [0.717, 1.165) is 36.1 Å². The molecular weight excluding hydrogens is 220 g/mol. The number of nitrogens with two attached hydrogens (primary N) is 1. The highest BCUT2D eigenvalue weighted by Crippen LogP contribution is 2.57. The largest absolute Gasteiger partial charge is 0.353 e. The number of hydrogen-bond acceptors (Lipinski definition) is 1. The molecule has 2 heteroatoms. The van der Waals surface area contributed by atoms with Gasteiger partial charge in [-0.15, -0.1) is 0 Å². The highest BCUT2D eigenvalue weighted by Gasteiger charge is 2.49. The van der Waals surface area contributed by atoms with Gasteiger partial charge in [0, 0.05) is 25.0 Å². The normalized spacial score (nSPS) is 43.3. The van der Waals surface area contributed by atoms with Crippen molar-refractivity contribution in [3.63, 3.8) is 0 Å². The monoisotopic (exact) mass is 244 g/mol. The van der Waals surface area contributed by atoms with Crippen molar-refractivity contribution in [1.82, 2.24) is 4.57 Å². The summed E-state index contributed by atoms with van der Waals surface area (Å²) in [6, 6.07) is 4.57. The topological polar surface area (TPSA) is 30.9 Å². The average Bonchev–Trinajstić information content (AvgIpc) is 2.80. The molecule has 0 amide bonds. The van der Waals surface area contributed by atoms with Crippen LogP contribution in [0.1, 0.15) is 32.1 Å². The summed E-state index contributed by atoms with van der Waals surface area (Å²) >= 11 is 0. The Bertz CT molecular complexity index is 381. The zero-order valence-electron chi connectivity index (χ0n) is 11.0. The predicted octanol–water partition coefficient (Wildman–Crippen LogP) is 2.89. The van der Waals surface area contributed by atoms with Crippen LogP contribution in [0, 0.1) is 29.6 Å². The molecule has 2 N–H and O–H groups in total. The second-order valence-electron chi connectivity index (χ2n) is 7.05. The van der Waals surface area contributed by atoms with Gasteiger partial charge in [-0.3, -0.25) is 0 Å². The molecule has 1 aromatic rings. The van der Waals surface area contributed by atoms with Crippen molar-refractivity contribution in [3.8, 4) is 0 Å². The highest BCUT2D eigenvalue weighted by molar-refractivity contribution is 5.01. The lowest BCUT2D eigenvalue weighted by Gasteiger charge is -2.56. The lowest BCUT2D eigenvalue weighted by molar-refractivity contribution is -0.0485. The molecule has 4 saturated carbocycles. The van der Waals surface area contributed by atoms with Gasteiger partial charge in [-0.2, -0.15) is 0 Å². The maximum atomic E-state index is 6.57. The fourth-order valence-corrected chi connectivity index (χ4v) is 5.52. The van der Waals surface area contributed by atoms with E-state index in [-0.39, 0.29) is 0 Å². The predicted molar refractivity (Wildman–Crippen MR) is 72.9 cm³/mol. The van der Waals surface area contributed by atoms with Crippen LogP contribution in [0.3, 0.4) is 0 Å². The molecule has 4 aliphatic rings. The van der Waals surface area contributed by atoms with E-state index >= 15 is 0 Å². The van der Waals surface area contributed by atoms with Gasteiger partial charge in [0.25, 0.3) is 0 Å². The molecule has 0 spiro atoms. The molecule has 98 valence electrons. The Labute approximate surface area is 110 Å². The van der Waals surface area contributed by atoms with Gasteiger partial charge >= 0.3 is 0 Å². The molecule has 0 saturated heterocycles. The molecule has 2 nitrogen and oxygen atoms in total. The van der Waals surface area contributed by atoms with Gasteiger partial charge in [0.2, 0.25) is 0 Å². The molecule has 4 fully saturated rings. The standard InChI is InChI=1S/C16H24N2/c17-15(10-18-3-1-2-4-18)16-13-6-11-5-12(8-13)9-14(16)7-11/h1-4,11-16H,5-10,17H2. The molecule has 1 atom stereocenters. The fourth-order valence-electron chi connectivity index (χ4n) is 5.52. The zero-order chi connectivity index (χ0) is 12.1. The second kappa shape index (κ2) is 4.12. The van der Waals surface area contributed by atoms with E-state index in [4.69, 9.17) is 5.73 Å². The van der Waals surface area contributed by atoms with Gasteiger partial charge in [0.05, 0.1) is 0 Å². The van der Waals surface area contributed by atoms with Crippen molar-refractivity contribution in [1.29, 1.82) is 0 Å². The van der Waals surface area contributed by atoms with Crippen LogP contribution in [0.15, 0.2) is 24.5 Å². The highest BCUT2D eigenvalue weighted by atomic mass is 15.0. The lowest BCUT2D eigenvalue weighted by atomic mass is 9.50. The third-order valence-corrected chi connectivity index (χ3v) is 5.88. The van der Waals surface area contributed by atoms with Crippen LogP contribution < -0.4 is 5.73 Å². The van der Waals surface area contributed by atoms with Crippen LogP contribution in [0.4, 0.5) is 0 Å². The first-order chi connectivity index (χ1) is 8.79. The summed E-state index contributed by atoms with van der Waals surface area (Å²) in [5, 5.41) is 0. The van der Waals surface area contributed by atoms with Crippen LogP contribution in [0.2, 0.25) is 0 Å². The van der Waals surface area contributed by atoms with Gasteiger partial charge in [0.1, 0.15) is 0 Å². The summed E-state index contributed by atoms with van der Waals surface area (Å²) in [5.41, 5.74) is 6.57. The molecule has 1 heterocycles. The first kappa shape index (κ1) is 11.1. The minimum absolute atomic E-state index is 0.368. The summed E-state index contributed by atoms with van der Waals surface area (Å²) in [4.78, 5) is 0. The smallest absolute Gasteiger partial charge is 0.0374 e. The van der Waals surface area contributed by atoms with Crippen molar-refractivity contribution in [2.24, 2.45) is 35.3 Å². The van der Waals surface area contributed by atoms with Crippen LogP contribution in [-0.2, 0) is 6.54 Å². The summed E-state index contributed by atoms with van der Waals surface area (Å²) in [5.74, 6) is 4.82. The molecule has 4 bridgehead atoms. The maximum Gasteiger partial charge on any atom is 0.0374 e. The molecule has 4 aliphatic carbocycles. The third-order valence-electron chi connectivity index (χ3n) is 5.88. The summed E-state index contributed by atoms with van der Waals surface area (Å²) in [7, 11) is 0. The second-order valence-corrected chi connectivity index (χ2v) is 7.05. The van der Waals surface area contributed by atoms with Gasteiger partial charge in [-0.05, 0) is 73.8 Å². The molecule has 1 aromatic heterocycles. The van der Waals surface area contributed by atoms with Crippen molar-refractivity contribution in [2.45, 2.75) is 44.7 Å². The van der Waals surface area contributed by atoms with Crippen molar-refractivity contribution in [3.05, 3.63) is 24.5 Å². The molecule has 1 unspecified atom stereocenters. The Kier molecular flexibility index (Phi) is 2.54. The molecule has 0 radical (unpaired) electrons. The molecular formula is C16H24N2. The van der Waals surface area contributed by atoms with Gasteiger partial charge in [-0.25, -0.2) is 0 Å². The SMILES string of the molecule is NC(Cn1cccc1)C1C2CC3CC(C2)CC1C3. The quantitative estimate of drug-likeness (QED) is 0.871. The van der Waals surface area contributed by atoms with Crippen LogP contribution in [0.25, 0.3) is 0 Å². The number of hydrogen-bond donors (Lipinski definition) is 1. The number of rotatable bonds is 3. The molecule has 0 aliphatic heterocycles. The van der Waals surface area contributed by atoms with Crippen molar-refractivity contribution >= 4 is 0 Å². The third kappa shape index (κ3) is 1.73. The van der Waals surface area contributed by atoms with E-state index in [9.17, 15) is 0 Å². The Balaban J connectivity index is 1.50. The van der Waals surface area contributed by atoms with Gasteiger partial charge < -0.3 is 10.3 Å². The number of aromatic nitrogens is 1. The Morgan fingerprint density at radius 2 is 1.50 bits per heavy atom. The van der Waals surface area contributed by atoms with E-state index in [1.807, 2.05) is 0 Å². The van der Waals surface area contributed by atoms with E-state index in [1.165, 1.54) is 32.1 Å². The summed E-state index contributed by atoms with van der Waals surface area (Å²) < 4.78 is 2.26. The van der Waals surface area contributed by atoms with Gasteiger partial charge in [0.15, 0.2) is 0 Å². The fraction of sp³-hybridized carbons (Fsp3) is 0.750. The molecule has 18 heavy (non-hydrogen) atoms. The van der Waals surface area contributed by atoms with Crippen molar-refractivity contribution < 1.29 is 0 Å². The van der Waals surface area contributed by atoms with Crippen LogP contribution >= 0.6 is 0 Å². The molecule has 0 aromatic carbocycles. The average molecular weight is 244 g/mol. The number of nitrogens with zero attached hydrogens (tertiary/aromatic N) is 1. The zero-order valence-corrected chi connectivity index (χ0v) is 11.0. The minimum Gasteiger partial charge on any atom is -0.353 e. The Morgan fingerprint density at radius 3 is 2.06 bits per heavy atom. The first-order valence-corrected chi connectivity index (χ1v) is 7.66. The summed E-state index contributed by atoms with van der Waals surface area (Å²) in [6.45, 7) is 1.01.